The molecular formula is C23H22Cl2N6. The molecule has 0 radical (unpaired) electrons. The van der Waals surface area contributed by atoms with Gasteiger partial charge in [0.1, 0.15) is 5.82 Å². The molecule has 4 aromatic rings. The van der Waals surface area contributed by atoms with Gasteiger partial charge in [-0.05, 0) is 61.9 Å². The van der Waals surface area contributed by atoms with Crippen molar-refractivity contribution in [2.24, 2.45) is 0 Å². The molecule has 3 N–H and O–H groups in total. The second-order valence-corrected chi connectivity index (χ2v) is 7.95. The third-order valence-electron chi connectivity index (χ3n) is 4.63. The maximum atomic E-state index is 6.06. The number of nitrogens with zero attached hydrogens (tertiary/aromatic N) is 3. The summed E-state index contributed by atoms with van der Waals surface area (Å²) < 4.78 is 0. The van der Waals surface area contributed by atoms with E-state index < -0.39 is 0 Å². The molecule has 2 heterocycles. The van der Waals surface area contributed by atoms with Crippen molar-refractivity contribution in [3.8, 4) is 0 Å². The highest BCUT2D eigenvalue weighted by Crippen LogP contribution is 2.24. The summed E-state index contributed by atoms with van der Waals surface area (Å²) in [7, 11) is 0. The van der Waals surface area contributed by atoms with Crippen molar-refractivity contribution in [1.82, 2.24) is 15.0 Å². The van der Waals surface area contributed by atoms with Crippen LogP contribution in [0.15, 0.2) is 60.8 Å². The molecule has 158 valence electrons. The Hall–Kier alpha value is -3.09. The van der Waals surface area contributed by atoms with Gasteiger partial charge in [-0.15, -0.1) is 0 Å². The third-order valence-corrected chi connectivity index (χ3v) is 5.11. The van der Waals surface area contributed by atoms with Crippen LogP contribution in [0.4, 0.5) is 23.1 Å². The molecule has 2 aromatic heterocycles. The van der Waals surface area contributed by atoms with Crippen molar-refractivity contribution in [2.75, 3.05) is 29.0 Å². The molecule has 0 saturated heterocycles. The average Bonchev–Trinajstić information content (AvgIpc) is 2.74. The summed E-state index contributed by atoms with van der Waals surface area (Å²) in [6.45, 7) is 3.49. The third kappa shape index (κ3) is 5.75. The Kier molecular flexibility index (Phi) is 6.70. The summed E-state index contributed by atoms with van der Waals surface area (Å²) in [5.74, 6) is 1.33. The normalized spacial score (nSPS) is 10.8. The Morgan fingerprint density at radius 1 is 0.839 bits per heavy atom. The van der Waals surface area contributed by atoms with Crippen LogP contribution in [0, 0.1) is 6.92 Å². The molecule has 0 atom stereocenters. The number of halogens is 2. The Balaban J connectivity index is 1.31. The highest BCUT2D eigenvalue weighted by atomic mass is 35.5. The molecule has 31 heavy (non-hydrogen) atoms. The number of nitrogens with one attached hydrogen (secondary N) is 3. The predicted molar refractivity (Wildman–Crippen MR) is 130 cm³/mol. The number of rotatable bonds is 8. The topological polar surface area (TPSA) is 74.8 Å². The van der Waals surface area contributed by atoms with Gasteiger partial charge in [-0.25, -0.2) is 4.98 Å². The highest BCUT2D eigenvalue weighted by molar-refractivity contribution is 6.31. The largest absolute Gasteiger partial charge is 0.384 e. The predicted octanol–water partition coefficient (Wildman–Crippen LogP) is 6.30. The summed E-state index contributed by atoms with van der Waals surface area (Å²) >= 11 is 12.0. The molecule has 0 fully saturated rings. The summed E-state index contributed by atoms with van der Waals surface area (Å²) in [5, 5.41) is 12.5. The fraction of sp³-hybridized carbons (Fsp3) is 0.174. The smallest absolute Gasteiger partial charge is 0.224 e. The number of hydrogen-bond donors (Lipinski definition) is 3. The fourth-order valence-corrected chi connectivity index (χ4v) is 3.47. The van der Waals surface area contributed by atoms with E-state index in [1.807, 2.05) is 61.5 Å². The summed E-state index contributed by atoms with van der Waals surface area (Å²) in [5.41, 5.74) is 3.73. The van der Waals surface area contributed by atoms with Crippen molar-refractivity contribution in [1.29, 1.82) is 0 Å². The van der Waals surface area contributed by atoms with Gasteiger partial charge in [-0.2, -0.15) is 4.98 Å². The Labute approximate surface area is 191 Å². The number of benzene rings is 2. The fourth-order valence-electron chi connectivity index (χ4n) is 3.18. The van der Waals surface area contributed by atoms with Crippen molar-refractivity contribution in [3.63, 3.8) is 0 Å². The average molecular weight is 453 g/mol. The van der Waals surface area contributed by atoms with E-state index in [1.165, 1.54) is 0 Å². The first kappa shape index (κ1) is 21.2. The molecule has 8 heteroatoms. The first-order valence-corrected chi connectivity index (χ1v) is 10.7. The van der Waals surface area contributed by atoms with E-state index in [9.17, 15) is 0 Å². The van der Waals surface area contributed by atoms with Gasteiger partial charge < -0.3 is 16.0 Å². The van der Waals surface area contributed by atoms with Crippen LogP contribution in [0.1, 0.15) is 12.1 Å². The van der Waals surface area contributed by atoms with Crippen molar-refractivity contribution in [2.45, 2.75) is 13.3 Å². The van der Waals surface area contributed by atoms with Gasteiger partial charge in [0.2, 0.25) is 5.95 Å². The number of aryl methyl sites for hydroxylation is 1. The number of fused-ring (bicyclic) bond motifs is 1. The minimum Gasteiger partial charge on any atom is -0.384 e. The molecule has 0 amide bonds. The second-order valence-electron chi connectivity index (χ2n) is 7.08. The number of hydrogen-bond acceptors (Lipinski definition) is 6. The molecule has 0 spiro atoms. The standard InChI is InChI=1S/C23H22Cl2N6/c1-15-13-22(30-18-6-3-16(24)4-7-18)31-23(29-15)28-11-2-10-26-20-9-12-27-21-14-17(25)5-8-19(20)21/h3-9,12-14H,2,10-11H2,1H3,(H,26,27)(H2,28,29,30,31). The van der Waals surface area contributed by atoms with E-state index >= 15 is 0 Å². The number of anilines is 4. The maximum Gasteiger partial charge on any atom is 0.224 e. The minimum atomic E-state index is 0.598. The molecule has 0 unspecified atom stereocenters. The molecule has 2 aromatic carbocycles. The Morgan fingerprint density at radius 2 is 1.61 bits per heavy atom. The van der Waals surface area contributed by atoms with Crippen LogP contribution in [-0.2, 0) is 0 Å². The summed E-state index contributed by atoms with van der Waals surface area (Å²) in [6.07, 6.45) is 2.68. The van der Waals surface area contributed by atoms with Crippen molar-refractivity contribution in [3.05, 3.63) is 76.5 Å². The second kappa shape index (κ2) is 9.81. The SMILES string of the molecule is Cc1cc(Nc2ccc(Cl)cc2)nc(NCCCNc2ccnc3cc(Cl)ccc23)n1. The lowest BCUT2D eigenvalue weighted by atomic mass is 10.2. The zero-order valence-electron chi connectivity index (χ0n) is 17.0. The van der Waals surface area contributed by atoms with Gasteiger partial charge in [0.25, 0.3) is 0 Å². The van der Waals surface area contributed by atoms with E-state index in [0.29, 0.717) is 16.0 Å². The van der Waals surface area contributed by atoms with Gasteiger partial charge in [0.15, 0.2) is 0 Å². The first-order valence-electron chi connectivity index (χ1n) is 9.97. The zero-order valence-corrected chi connectivity index (χ0v) is 18.5. The molecular weight excluding hydrogens is 431 g/mol. The van der Waals surface area contributed by atoms with Crippen LogP contribution in [0.5, 0.6) is 0 Å². The van der Waals surface area contributed by atoms with Crippen LogP contribution >= 0.6 is 23.2 Å². The first-order chi connectivity index (χ1) is 15.1. The van der Waals surface area contributed by atoms with Gasteiger partial charge in [0.05, 0.1) is 5.52 Å². The molecule has 0 aliphatic rings. The van der Waals surface area contributed by atoms with Gasteiger partial charge >= 0.3 is 0 Å². The van der Waals surface area contributed by atoms with Crippen LogP contribution in [0.2, 0.25) is 10.0 Å². The molecule has 0 saturated carbocycles. The molecule has 0 aliphatic heterocycles. The number of aromatic nitrogens is 3. The Morgan fingerprint density at radius 3 is 2.45 bits per heavy atom. The summed E-state index contributed by atoms with van der Waals surface area (Å²) in [4.78, 5) is 13.4. The molecule has 0 aliphatic carbocycles. The van der Waals surface area contributed by atoms with E-state index in [0.717, 1.165) is 53.3 Å². The van der Waals surface area contributed by atoms with Crippen molar-refractivity contribution >= 4 is 57.2 Å². The van der Waals surface area contributed by atoms with Crippen LogP contribution in [-0.4, -0.2) is 28.0 Å². The monoisotopic (exact) mass is 452 g/mol. The number of pyridine rings is 1. The van der Waals surface area contributed by atoms with Crippen LogP contribution in [0.3, 0.4) is 0 Å². The lowest BCUT2D eigenvalue weighted by molar-refractivity contribution is 0.893. The van der Waals surface area contributed by atoms with E-state index in [2.05, 4.69) is 30.9 Å². The van der Waals surface area contributed by atoms with Gasteiger partial charge in [-0.1, -0.05) is 23.2 Å². The van der Waals surface area contributed by atoms with Crippen molar-refractivity contribution < 1.29 is 0 Å². The van der Waals surface area contributed by atoms with E-state index in [4.69, 9.17) is 23.2 Å². The summed E-state index contributed by atoms with van der Waals surface area (Å²) in [6, 6.07) is 17.1. The highest BCUT2D eigenvalue weighted by Gasteiger charge is 2.04. The molecule has 6 nitrogen and oxygen atoms in total. The quantitative estimate of drug-likeness (QED) is 0.272. The molecule has 0 bridgehead atoms. The zero-order chi connectivity index (χ0) is 21.6. The molecule has 4 rings (SSSR count). The maximum absolute atomic E-state index is 6.06. The lowest BCUT2D eigenvalue weighted by Gasteiger charge is -2.11. The minimum absolute atomic E-state index is 0.598. The Bertz CT molecular complexity index is 1180. The van der Waals surface area contributed by atoms with Gasteiger partial charge in [0, 0.05) is 57.9 Å². The lowest BCUT2D eigenvalue weighted by Crippen LogP contribution is -2.12. The van der Waals surface area contributed by atoms with Crippen LogP contribution in [0.25, 0.3) is 10.9 Å². The van der Waals surface area contributed by atoms with Crippen LogP contribution < -0.4 is 16.0 Å². The van der Waals surface area contributed by atoms with Gasteiger partial charge in [-0.3, -0.25) is 4.98 Å². The van der Waals surface area contributed by atoms with E-state index in [-0.39, 0.29) is 0 Å². The van der Waals surface area contributed by atoms with E-state index in [1.54, 1.807) is 6.20 Å².